The van der Waals surface area contributed by atoms with Crippen molar-refractivity contribution in [3.05, 3.63) is 52.0 Å². The normalized spacial score (nSPS) is 10.7. The molecule has 4 N–H and O–H groups in total. The van der Waals surface area contributed by atoms with Crippen molar-refractivity contribution >= 4 is 35.2 Å². The Balaban J connectivity index is 0.000000291. The van der Waals surface area contributed by atoms with Crippen LogP contribution in [0, 0.1) is 0 Å². The number of rotatable bonds is 6. The molecule has 2 rings (SSSR count). The zero-order chi connectivity index (χ0) is 22.2. The number of nitrogen functional groups attached to an aromatic ring is 1. The van der Waals surface area contributed by atoms with Crippen LogP contribution in [0.2, 0.25) is 5.02 Å². The summed E-state index contributed by atoms with van der Waals surface area (Å²) in [6.45, 7) is 0.821. The molecule has 0 amide bonds. The van der Waals surface area contributed by atoms with E-state index in [1.165, 1.54) is 5.56 Å². The van der Waals surface area contributed by atoms with Gasteiger partial charge in [-0.05, 0) is 36.1 Å². The van der Waals surface area contributed by atoms with Gasteiger partial charge in [0.1, 0.15) is 0 Å². The number of ether oxygens (including phenoxy) is 2. The highest BCUT2D eigenvalue weighted by Crippen LogP contribution is 2.35. The monoisotopic (exact) mass is 452 g/mol. The maximum absolute atomic E-state index is 12.3. The second kappa shape index (κ2) is 11.0. The maximum atomic E-state index is 12.3. The van der Waals surface area contributed by atoms with Gasteiger partial charge in [-0.25, -0.2) is 4.79 Å². The lowest BCUT2D eigenvalue weighted by Gasteiger charge is -2.10. The SMILES string of the molecule is COc1ccc(CNSC)cc1OC.Nc1c(Cl)cc(C(F)(F)F)cc1C(=O)O. The third kappa shape index (κ3) is 7.22. The first kappa shape index (κ1) is 24.7. The van der Waals surface area contributed by atoms with Gasteiger partial charge in [0.2, 0.25) is 0 Å². The second-order valence-corrected chi connectivity index (χ2v) is 6.54. The van der Waals surface area contributed by atoms with E-state index in [1.807, 2.05) is 24.5 Å². The van der Waals surface area contributed by atoms with Gasteiger partial charge in [-0.2, -0.15) is 13.2 Å². The Morgan fingerprint density at radius 1 is 1.21 bits per heavy atom. The van der Waals surface area contributed by atoms with Gasteiger partial charge in [0.25, 0.3) is 0 Å². The van der Waals surface area contributed by atoms with Crippen LogP contribution in [0.3, 0.4) is 0 Å². The Kier molecular flexibility index (Phi) is 9.41. The number of anilines is 1. The Bertz CT molecular complexity index is 851. The molecule has 0 fully saturated rings. The summed E-state index contributed by atoms with van der Waals surface area (Å²) in [6, 6.07) is 6.94. The van der Waals surface area contributed by atoms with E-state index in [4.69, 9.17) is 31.9 Å². The molecule has 0 atom stereocenters. The fraction of sp³-hybridized carbons (Fsp3) is 0.278. The van der Waals surface area contributed by atoms with Crippen molar-refractivity contribution in [1.82, 2.24) is 4.72 Å². The molecule has 11 heteroatoms. The van der Waals surface area contributed by atoms with Crippen LogP contribution in [0.15, 0.2) is 30.3 Å². The molecule has 0 radical (unpaired) electrons. The number of hydrogen-bond donors (Lipinski definition) is 3. The predicted octanol–water partition coefficient (Wildman–Crippen LogP) is 4.71. The van der Waals surface area contributed by atoms with Crippen LogP contribution >= 0.6 is 23.5 Å². The first-order chi connectivity index (χ1) is 13.5. The van der Waals surface area contributed by atoms with Crippen LogP contribution in [-0.2, 0) is 12.7 Å². The van der Waals surface area contributed by atoms with Gasteiger partial charge < -0.3 is 20.3 Å². The number of hydrogen-bond acceptors (Lipinski definition) is 6. The molecule has 0 spiro atoms. The number of halogens is 4. The van der Waals surface area contributed by atoms with E-state index in [0.29, 0.717) is 12.1 Å². The fourth-order valence-corrected chi connectivity index (χ4v) is 2.63. The molecule has 29 heavy (non-hydrogen) atoms. The molecule has 2 aromatic carbocycles. The topological polar surface area (TPSA) is 93.8 Å². The van der Waals surface area contributed by atoms with Crippen LogP contribution in [0.4, 0.5) is 18.9 Å². The lowest BCUT2D eigenvalue weighted by atomic mass is 10.1. The summed E-state index contributed by atoms with van der Waals surface area (Å²) in [7, 11) is 3.28. The number of nitrogens with one attached hydrogen (secondary N) is 1. The number of benzene rings is 2. The Hall–Kier alpha value is -2.30. The maximum Gasteiger partial charge on any atom is 0.416 e. The van der Waals surface area contributed by atoms with E-state index in [9.17, 15) is 18.0 Å². The third-order valence-electron chi connectivity index (χ3n) is 3.56. The van der Waals surface area contributed by atoms with Gasteiger partial charge in [-0.1, -0.05) is 29.6 Å². The number of alkyl halides is 3. The highest BCUT2D eigenvalue weighted by molar-refractivity contribution is 7.96. The van der Waals surface area contributed by atoms with Gasteiger partial charge in [0.05, 0.1) is 36.1 Å². The summed E-state index contributed by atoms with van der Waals surface area (Å²) < 4.78 is 50.3. The highest BCUT2D eigenvalue weighted by Gasteiger charge is 2.32. The van der Waals surface area contributed by atoms with Crippen LogP contribution in [0.1, 0.15) is 21.5 Å². The molecular formula is C18H20ClF3N2O4S. The summed E-state index contributed by atoms with van der Waals surface area (Å²) in [5.41, 5.74) is 4.22. The first-order valence-electron chi connectivity index (χ1n) is 7.91. The molecule has 0 aliphatic heterocycles. The molecule has 0 aliphatic carbocycles. The van der Waals surface area contributed by atoms with Crippen molar-refractivity contribution in [3.63, 3.8) is 0 Å². The van der Waals surface area contributed by atoms with Crippen molar-refractivity contribution in [2.24, 2.45) is 0 Å². The minimum Gasteiger partial charge on any atom is -0.493 e. The lowest BCUT2D eigenvalue weighted by molar-refractivity contribution is -0.137. The first-order valence-corrected chi connectivity index (χ1v) is 9.51. The van der Waals surface area contributed by atoms with Gasteiger partial charge in [-0.15, -0.1) is 0 Å². The molecule has 0 saturated heterocycles. The van der Waals surface area contributed by atoms with E-state index in [2.05, 4.69) is 4.72 Å². The standard InChI is InChI=1S/C10H15NO2S.C8H5ClF3NO2/c1-12-9-5-4-8(7-11-14-3)6-10(9)13-2;9-5-2-3(8(10,11)12)1-4(6(5)13)7(14)15/h4-6,11H,7H2,1-3H3;1-2H,13H2,(H,14,15). The molecule has 2 aromatic rings. The highest BCUT2D eigenvalue weighted by atomic mass is 35.5. The number of nitrogens with two attached hydrogens (primary N) is 1. The van der Waals surface area contributed by atoms with Gasteiger partial charge in [-0.3, -0.25) is 4.72 Å². The fourth-order valence-electron chi connectivity index (χ4n) is 2.10. The molecule has 0 saturated carbocycles. The summed E-state index contributed by atoms with van der Waals surface area (Å²) >= 11 is 6.98. The molecule has 160 valence electrons. The summed E-state index contributed by atoms with van der Waals surface area (Å²) in [5.74, 6) is -0.0196. The van der Waals surface area contributed by atoms with E-state index in [0.717, 1.165) is 18.0 Å². The van der Waals surface area contributed by atoms with Gasteiger partial charge >= 0.3 is 12.1 Å². The Morgan fingerprint density at radius 3 is 2.31 bits per heavy atom. The second-order valence-electron chi connectivity index (χ2n) is 5.44. The van der Waals surface area contributed by atoms with Crippen LogP contribution in [0.25, 0.3) is 0 Å². The Labute approximate surface area is 175 Å². The zero-order valence-electron chi connectivity index (χ0n) is 15.8. The largest absolute Gasteiger partial charge is 0.493 e. The van der Waals surface area contributed by atoms with Crippen molar-refractivity contribution < 1.29 is 32.5 Å². The molecule has 0 aromatic heterocycles. The van der Waals surface area contributed by atoms with Crippen molar-refractivity contribution in [1.29, 1.82) is 0 Å². The number of carbonyl (C=O) groups is 1. The van der Waals surface area contributed by atoms with E-state index in [-0.39, 0.29) is 5.69 Å². The summed E-state index contributed by atoms with van der Waals surface area (Å²) in [6.07, 6.45) is -2.65. The minimum absolute atomic E-state index is 0.378. The minimum atomic E-state index is -4.65. The van der Waals surface area contributed by atoms with Crippen molar-refractivity contribution in [2.75, 3.05) is 26.2 Å². The summed E-state index contributed by atoms with van der Waals surface area (Å²) in [5, 5.41) is 8.15. The average Bonchev–Trinajstić information content (AvgIpc) is 2.67. The van der Waals surface area contributed by atoms with E-state index in [1.54, 1.807) is 26.2 Å². The van der Waals surface area contributed by atoms with Crippen LogP contribution in [0.5, 0.6) is 11.5 Å². The molecule has 0 aliphatic rings. The number of methoxy groups -OCH3 is 2. The number of carboxylic acid groups (broad SMARTS) is 1. The predicted molar refractivity (Wildman–Crippen MR) is 108 cm³/mol. The number of carboxylic acids is 1. The van der Waals surface area contributed by atoms with E-state index < -0.39 is 28.3 Å². The third-order valence-corrected chi connectivity index (χ3v) is 4.30. The van der Waals surface area contributed by atoms with Crippen molar-refractivity contribution in [2.45, 2.75) is 12.7 Å². The smallest absolute Gasteiger partial charge is 0.416 e. The van der Waals surface area contributed by atoms with Crippen molar-refractivity contribution in [3.8, 4) is 11.5 Å². The van der Waals surface area contributed by atoms with Crippen LogP contribution in [-0.4, -0.2) is 31.6 Å². The van der Waals surface area contributed by atoms with E-state index >= 15 is 0 Å². The molecular weight excluding hydrogens is 433 g/mol. The van der Waals surface area contributed by atoms with Gasteiger partial charge in [0.15, 0.2) is 11.5 Å². The summed E-state index contributed by atoms with van der Waals surface area (Å²) in [4.78, 5) is 10.5. The Morgan fingerprint density at radius 2 is 1.83 bits per heavy atom. The molecule has 0 bridgehead atoms. The van der Waals surface area contributed by atoms with Gasteiger partial charge in [0, 0.05) is 6.54 Å². The molecule has 0 heterocycles. The van der Waals surface area contributed by atoms with Crippen LogP contribution < -0.4 is 19.9 Å². The molecule has 0 unspecified atom stereocenters. The number of aromatic carboxylic acids is 1. The zero-order valence-corrected chi connectivity index (χ0v) is 17.3. The molecule has 6 nitrogen and oxygen atoms in total. The quantitative estimate of drug-likeness (QED) is 0.431. The average molecular weight is 453 g/mol. The lowest BCUT2D eigenvalue weighted by Crippen LogP contribution is -2.10.